The number of alkyl halides is 3. The van der Waals surface area contributed by atoms with E-state index in [0.29, 0.717) is 4.96 Å². The molecule has 0 aromatic carbocycles. The monoisotopic (exact) mass is 192 g/mol. The van der Waals surface area contributed by atoms with Crippen molar-refractivity contribution >= 4 is 16.3 Å². The average molecular weight is 192 g/mol. The van der Waals surface area contributed by atoms with Gasteiger partial charge in [-0.2, -0.15) is 13.2 Å². The lowest BCUT2D eigenvalue weighted by molar-refractivity contribution is -0.140. The van der Waals surface area contributed by atoms with Gasteiger partial charge in [-0.3, -0.25) is 4.40 Å². The summed E-state index contributed by atoms with van der Waals surface area (Å²) in [6.07, 6.45) is -1.82. The molecule has 2 rings (SSSR count). The lowest BCUT2D eigenvalue weighted by atomic mass is 10.5. The largest absolute Gasteiger partial charge is 0.434 e. The zero-order valence-corrected chi connectivity index (χ0v) is 6.49. The molecule has 6 heteroatoms. The molecular formula is C6H3F3N2S. The number of thiazole rings is 1. The molecule has 0 aliphatic rings. The topological polar surface area (TPSA) is 17.3 Å². The van der Waals surface area contributed by atoms with Crippen LogP contribution in [-0.4, -0.2) is 9.38 Å². The Kier molecular flexibility index (Phi) is 1.41. The van der Waals surface area contributed by atoms with Crippen molar-refractivity contribution in [2.45, 2.75) is 6.18 Å². The van der Waals surface area contributed by atoms with Crippen LogP contribution in [-0.2, 0) is 6.18 Å². The van der Waals surface area contributed by atoms with E-state index in [-0.39, 0.29) is 0 Å². The van der Waals surface area contributed by atoms with Gasteiger partial charge in [0.15, 0.2) is 10.7 Å². The minimum absolute atomic E-state index is 0.363. The molecule has 0 bridgehead atoms. The zero-order valence-electron chi connectivity index (χ0n) is 5.67. The summed E-state index contributed by atoms with van der Waals surface area (Å²) in [5.41, 5.74) is -0.839. The lowest BCUT2D eigenvalue weighted by Gasteiger charge is -1.98. The molecule has 2 aromatic rings. The molecule has 0 saturated heterocycles. The van der Waals surface area contributed by atoms with Crippen LogP contribution in [0.4, 0.5) is 13.2 Å². The molecule has 0 N–H and O–H groups in total. The first-order valence-corrected chi connectivity index (χ1v) is 3.95. The van der Waals surface area contributed by atoms with Gasteiger partial charge in [0.25, 0.3) is 0 Å². The maximum absolute atomic E-state index is 12.0. The third-order valence-corrected chi connectivity index (χ3v) is 2.15. The number of hydrogen-bond donors (Lipinski definition) is 0. The van der Waals surface area contributed by atoms with Crippen molar-refractivity contribution in [2.75, 3.05) is 0 Å². The second kappa shape index (κ2) is 2.22. The molecule has 0 saturated carbocycles. The van der Waals surface area contributed by atoms with E-state index >= 15 is 0 Å². The SMILES string of the molecule is FC(F)(F)c1cn2ccsc2n1. The zero-order chi connectivity index (χ0) is 8.77. The smallest absolute Gasteiger partial charge is 0.297 e. The summed E-state index contributed by atoms with van der Waals surface area (Å²) >= 11 is 1.18. The summed E-state index contributed by atoms with van der Waals surface area (Å²) in [6.45, 7) is 0. The predicted molar refractivity (Wildman–Crippen MR) is 38.1 cm³/mol. The van der Waals surface area contributed by atoms with Crippen LogP contribution in [0.15, 0.2) is 17.8 Å². The molecule has 0 radical (unpaired) electrons. The van der Waals surface area contributed by atoms with Crippen LogP contribution < -0.4 is 0 Å². The second-order valence-electron chi connectivity index (χ2n) is 2.22. The molecule has 2 aromatic heterocycles. The van der Waals surface area contributed by atoms with Crippen molar-refractivity contribution in [3.8, 4) is 0 Å². The molecule has 64 valence electrons. The van der Waals surface area contributed by atoms with Gasteiger partial charge in [-0.05, 0) is 0 Å². The first kappa shape index (κ1) is 7.60. The fraction of sp³-hybridized carbons (Fsp3) is 0.167. The molecule has 0 fully saturated rings. The van der Waals surface area contributed by atoms with Gasteiger partial charge in [0, 0.05) is 17.8 Å². The number of halogens is 3. The minimum atomic E-state index is -4.34. The van der Waals surface area contributed by atoms with Gasteiger partial charge in [-0.15, -0.1) is 11.3 Å². The van der Waals surface area contributed by atoms with E-state index in [4.69, 9.17) is 0 Å². The van der Waals surface area contributed by atoms with Gasteiger partial charge in [0.1, 0.15) is 0 Å². The van der Waals surface area contributed by atoms with Crippen LogP contribution in [0.25, 0.3) is 4.96 Å². The molecule has 2 nitrogen and oxygen atoms in total. The van der Waals surface area contributed by atoms with E-state index in [0.717, 1.165) is 6.20 Å². The van der Waals surface area contributed by atoms with Gasteiger partial charge in [-0.25, -0.2) is 4.98 Å². The van der Waals surface area contributed by atoms with Gasteiger partial charge >= 0.3 is 6.18 Å². The Morgan fingerprint density at radius 1 is 1.42 bits per heavy atom. The van der Waals surface area contributed by atoms with Gasteiger partial charge in [0.05, 0.1) is 0 Å². The van der Waals surface area contributed by atoms with E-state index in [1.807, 2.05) is 0 Å². The van der Waals surface area contributed by atoms with E-state index < -0.39 is 11.9 Å². The van der Waals surface area contributed by atoms with Crippen LogP contribution in [0.5, 0.6) is 0 Å². The summed E-state index contributed by atoms with van der Waals surface area (Å²) in [4.78, 5) is 3.76. The number of nitrogens with zero attached hydrogens (tertiary/aromatic N) is 2. The molecule has 0 amide bonds. The van der Waals surface area contributed by atoms with Gasteiger partial charge in [-0.1, -0.05) is 0 Å². The Bertz CT molecular complexity index is 371. The highest BCUT2D eigenvalue weighted by atomic mass is 32.1. The van der Waals surface area contributed by atoms with Crippen LogP contribution in [0.1, 0.15) is 5.69 Å². The summed E-state index contributed by atoms with van der Waals surface area (Å²) in [5, 5.41) is 1.68. The van der Waals surface area contributed by atoms with Crippen LogP contribution >= 0.6 is 11.3 Å². The standard InChI is InChI=1S/C6H3F3N2S/c7-6(8,9)4-3-11-1-2-12-5(11)10-4/h1-3H. The van der Waals surface area contributed by atoms with E-state index in [9.17, 15) is 13.2 Å². The molecule has 2 heterocycles. The van der Waals surface area contributed by atoms with Crippen molar-refractivity contribution in [3.63, 3.8) is 0 Å². The van der Waals surface area contributed by atoms with E-state index in [2.05, 4.69) is 4.98 Å². The normalized spacial score (nSPS) is 12.6. The molecule has 0 aliphatic heterocycles. The number of fused-ring (bicyclic) bond motifs is 1. The highest BCUT2D eigenvalue weighted by Crippen LogP contribution is 2.29. The fourth-order valence-corrected chi connectivity index (χ4v) is 1.56. The van der Waals surface area contributed by atoms with Crippen molar-refractivity contribution in [2.24, 2.45) is 0 Å². The predicted octanol–water partition coefficient (Wildman–Crippen LogP) is 2.41. The van der Waals surface area contributed by atoms with Gasteiger partial charge < -0.3 is 0 Å². The van der Waals surface area contributed by atoms with Crippen molar-refractivity contribution in [3.05, 3.63) is 23.5 Å². The molecule has 0 unspecified atom stereocenters. The minimum Gasteiger partial charge on any atom is -0.297 e. The Morgan fingerprint density at radius 3 is 2.75 bits per heavy atom. The Balaban J connectivity index is 2.59. The quantitative estimate of drug-likeness (QED) is 0.626. The molecule has 0 aliphatic carbocycles. The highest BCUT2D eigenvalue weighted by Gasteiger charge is 2.33. The summed E-state index contributed by atoms with van der Waals surface area (Å²) in [5.74, 6) is 0. The molecule has 12 heavy (non-hydrogen) atoms. The van der Waals surface area contributed by atoms with Crippen LogP contribution in [0.2, 0.25) is 0 Å². The highest BCUT2D eigenvalue weighted by molar-refractivity contribution is 7.15. The fourth-order valence-electron chi connectivity index (χ4n) is 0.864. The first-order chi connectivity index (χ1) is 5.57. The Labute approximate surface area is 69.3 Å². The number of aromatic nitrogens is 2. The average Bonchev–Trinajstić information content (AvgIpc) is 2.37. The van der Waals surface area contributed by atoms with E-state index in [1.54, 1.807) is 11.6 Å². The molecule has 0 atom stereocenters. The lowest BCUT2D eigenvalue weighted by Crippen LogP contribution is -2.04. The third kappa shape index (κ3) is 1.08. The van der Waals surface area contributed by atoms with E-state index in [1.165, 1.54) is 15.7 Å². The second-order valence-corrected chi connectivity index (χ2v) is 3.09. The van der Waals surface area contributed by atoms with Crippen LogP contribution in [0, 0.1) is 0 Å². The Hall–Kier alpha value is -1.04. The summed E-state index contributed by atoms with van der Waals surface area (Å²) in [7, 11) is 0. The molecule has 0 spiro atoms. The maximum atomic E-state index is 12.0. The van der Waals surface area contributed by atoms with Crippen molar-refractivity contribution in [1.29, 1.82) is 0 Å². The summed E-state index contributed by atoms with van der Waals surface area (Å²) in [6, 6.07) is 0. The summed E-state index contributed by atoms with van der Waals surface area (Å²) < 4.78 is 37.5. The first-order valence-electron chi connectivity index (χ1n) is 3.07. The Morgan fingerprint density at radius 2 is 2.17 bits per heavy atom. The number of imidazole rings is 1. The van der Waals surface area contributed by atoms with Crippen LogP contribution in [0.3, 0.4) is 0 Å². The van der Waals surface area contributed by atoms with Gasteiger partial charge in [0.2, 0.25) is 0 Å². The number of rotatable bonds is 0. The third-order valence-electron chi connectivity index (χ3n) is 1.38. The van der Waals surface area contributed by atoms with Crippen molar-refractivity contribution < 1.29 is 13.2 Å². The number of hydrogen-bond acceptors (Lipinski definition) is 2. The van der Waals surface area contributed by atoms with Crippen molar-refractivity contribution in [1.82, 2.24) is 9.38 Å². The maximum Gasteiger partial charge on any atom is 0.434 e. The molecular weight excluding hydrogens is 189 g/mol.